The van der Waals surface area contributed by atoms with E-state index in [2.05, 4.69) is 0 Å². The highest BCUT2D eigenvalue weighted by Crippen LogP contribution is 2.43. The third-order valence-corrected chi connectivity index (χ3v) is 9.22. The molecule has 2 atom stereocenters. The van der Waals surface area contributed by atoms with Gasteiger partial charge in [0.2, 0.25) is 10.0 Å². The van der Waals surface area contributed by atoms with Crippen molar-refractivity contribution < 1.29 is 41.4 Å². The summed E-state index contributed by atoms with van der Waals surface area (Å²) in [6.07, 6.45) is 1.03. The molecule has 224 valence electrons. The monoisotopic (exact) mass is 604 g/mol. The molecular formula is C30H31F3N2O6S. The third kappa shape index (κ3) is 6.20. The lowest BCUT2D eigenvalue weighted by atomic mass is 9.67. The number of ketones is 2. The summed E-state index contributed by atoms with van der Waals surface area (Å²) in [5, 5.41) is 19.9. The van der Waals surface area contributed by atoms with Crippen LogP contribution in [0.1, 0.15) is 37.8 Å². The van der Waals surface area contributed by atoms with Crippen LogP contribution in [0.15, 0.2) is 54.6 Å². The molecule has 1 saturated heterocycles. The van der Waals surface area contributed by atoms with E-state index in [1.165, 1.54) is 50.4 Å². The van der Waals surface area contributed by atoms with Gasteiger partial charge in [0.15, 0.2) is 34.7 Å². The van der Waals surface area contributed by atoms with Crippen LogP contribution in [0.25, 0.3) is 0 Å². The van der Waals surface area contributed by atoms with Gasteiger partial charge in [0.05, 0.1) is 17.4 Å². The molecule has 0 aliphatic carbocycles. The number of rotatable bonds is 9. The maximum Gasteiger partial charge on any atom is 0.210 e. The fraction of sp³-hybridized carbons (Fsp3) is 0.333. The van der Waals surface area contributed by atoms with Crippen LogP contribution >= 0.6 is 0 Å². The van der Waals surface area contributed by atoms with E-state index in [9.17, 15) is 32.6 Å². The van der Waals surface area contributed by atoms with Gasteiger partial charge in [-0.15, -0.1) is 0 Å². The van der Waals surface area contributed by atoms with Gasteiger partial charge in [-0.2, -0.15) is 0 Å². The Kier molecular flexibility index (Phi) is 9.09. The second-order valence-corrected chi connectivity index (χ2v) is 12.6. The summed E-state index contributed by atoms with van der Waals surface area (Å²) in [5.41, 5.74) is -0.440. The summed E-state index contributed by atoms with van der Waals surface area (Å²) in [7, 11) is -2.19. The minimum atomic E-state index is -3.56. The summed E-state index contributed by atoms with van der Waals surface area (Å²) >= 11 is 0. The number of halogens is 3. The third-order valence-electron chi connectivity index (χ3n) is 7.90. The number of phenols is 2. The number of benzene rings is 3. The highest BCUT2D eigenvalue weighted by atomic mass is 32.2. The van der Waals surface area contributed by atoms with Crippen LogP contribution in [-0.2, 0) is 10.0 Å². The van der Waals surface area contributed by atoms with E-state index in [-0.39, 0.29) is 31.7 Å². The van der Waals surface area contributed by atoms with E-state index in [0.29, 0.717) is 5.56 Å². The molecule has 1 heterocycles. The van der Waals surface area contributed by atoms with Gasteiger partial charge in [-0.1, -0.05) is 24.3 Å². The molecule has 0 radical (unpaired) electrons. The molecule has 12 heteroatoms. The van der Waals surface area contributed by atoms with Gasteiger partial charge in [0.1, 0.15) is 5.82 Å². The zero-order valence-electron chi connectivity index (χ0n) is 23.2. The topological polar surface area (TPSA) is 115 Å². The number of phenolic OH excluding ortho intramolecular Hbond substituents is 2. The normalized spacial score (nSPS) is 18.4. The number of hydrogen-bond acceptors (Lipinski definition) is 7. The highest BCUT2D eigenvalue weighted by Gasteiger charge is 2.46. The Bertz CT molecular complexity index is 1560. The minimum Gasteiger partial charge on any atom is -0.505 e. The Morgan fingerprint density at radius 1 is 0.881 bits per heavy atom. The molecule has 8 nitrogen and oxygen atoms in total. The molecule has 42 heavy (non-hydrogen) atoms. The number of sulfonamides is 1. The van der Waals surface area contributed by atoms with Gasteiger partial charge in [0, 0.05) is 51.0 Å². The Labute approximate surface area is 242 Å². The van der Waals surface area contributed by atoms with Crippen molar-refractivity contribution >= 4 is 21.6 Å². The quantitative estimate of drug-likeness (QED) is 0.353. The molecule has 3 aromatic carbocycles. The lowest BCUT2D eigenvalue weighted by Gasteiger charge is -2.44. The van der Waals surface area contributed by atoms with Crippen molar-refractivity contribution in [3.8, 4) is 11.5 Å². The summed E-state index contributed by atoms with van der Waals surface area (Å²) < 4.78 is 70.0. The highest BCUT2D eigenvalue weighted by molar-refractivity contribution is 7.88. The summed E-state index contributed by atoms with van der Waals surface area (Å²) in [6, 6.07) is 11.3. The molecule has 0 aromatic heterocycles. The zero-order valence-corrected chi connectivity index (χ0v) is 24.0. The molecule has 0 unspecified atom stereocenters. The fourth-order valence-corrected chi connectivity index (χ4v) is 5.91. The van der Waals surface area contributed by atoms with E-state index in [4.69, 9.17) is 0 Å². The minimum absolute atomic E-state index is 0.00864. The van der Waals surface area contributed by atoms with Crippen LogP contribution in [0.2, 0.25) is 0 Å². The maximum absolute atomic E-state index is 15.0. The summed E-state index contributed by atoms with van der Waals surface area (Å²) in [4.78, 5) is 29.7. The van der Waals surface area contributed by atoms with Crippen LogP contribution in [0.3, 0.4) is 0 Å². The number of Topliss-reactive ketones (excluding diaryl/α,β-unsaturated/α-hetero) is 2. The number of aromatic hydroxyl groups is 2. The van der Waals surface area contributed by atoms with Crippen LogP contribution in [0, 0.1) is 36.2 Å². The van der Waals surface area contributed by atoms with E-state index < -0.39 is 79.4 Å². The van der Waals surface area contributed by atoms with Gasteiger partial charge < -0.3 is 15.1 Å². The number of piperidine rings is 1. The van der Waals surface area contributed by atoms with Crippen molar-refractivity contribution in [1.29, 1.82) is 0 Å². The van der Waals surface area contributed by atoms with Gasteiger partial charge in [-0.25, -0.2) is 25.9 Å². The first kappa shape index (κ1) is 31.2. The van der Waals surface area contributed by atoms with E-state index in [1.807, 2.05) is 0 Å². The van der Waals surface area contributed by atoms with Crippen molar-refractivity contribution in [1.82, 2.24) is 9.21 Å². The predicted molar refractivity (Wildman–Crippen MR) is 150 cm³/mol. The average molecular weight is 605 g/mol. The van der Waals surface area contributed by atoms with Gasteiger partial charge in [-0.3, -0.25) is 9.59 Å². The zero-order chi connectivity index (χ0) is 30.9. The summed E-state index contributed by atoms with van der Waals surface area (Å²) in [5.74, 6) is -9.41. The Hall–Kier alpha value is -3.74. The fourth-order valence-electron chi connectivity index (χ4n) is 5.50. The van der Waals surface area contributed by atoms with Crippen molar-refractivity contribution in [2.75, 3.05) is 39.5 Å². The Morgan fingerprint density at radius 2 is 1.36 bits per heavy atom. The van der Waals surface area contributed by atoms with Crippen molar-refractivity contribution in [2.45, 2.75) is 12.8 Å². The number of likely N-dealkylation sites (N-methyl/N-ethyl adjacent to an activating group) is 1. The molecule has 3 aromatic rings. The lowest BCUT2D eigenvalue weighted by molar-refractivity contribution is 0.0560. The van der Waals surface area contributed by atoms with Crippen LogP contribution < -0.4 is 0 Å². The number of nitrogens with zero attached hydrogens (tertiary/aromatic N) is 2. The molecule has 0 bridgehead atoms. The van der Waals surface area contributed by atoms with Gasteiger partial charge in [-0.05, 0) is 48.4 Å². The molecular weight excluding hydrogens is 573 g/mol. The smallest absolute Gasteiger partial charge is 0.210 e. The second-order valence-electron chi connectivity index (χ2n) is 10.5. The van der Waals surface area contributed by atoms with Crippen LogP contribution in [-0.4, -0.2) is 78.9 Å². The van der Waals surface area contributed by atoms with Crippen LogP contribution in [0.5, 0.6) is 11.5 Å². The first-order valence-electron chi connectivity index (χ1n) is 13.1. The van der Waals surface area contributed by atoms with E-state index in [1.54, 1.807) is 11.0 Å². The molecule has 0 amide bonds. The average Bonchev–Trinajstić information content (AvgIpc) is 2.94. The largest absolute Gasteiger partial charge is 0.505 e. The van der Waals surface area contributed by atoms with Gasteiger partial charge >= 0.3 is 0 Å². The lowest BCUT2D eigenvalue weighted by Crippen LogP contribution is -2.52. The van der Waals surface area contributed by atoms with Crippen molar-refractivity contribution in [3.63, 3.8) is 0 Å². The van der Waals surface area contributed by atoms with Crippen molar-refractivity contribution in [3.05, 3.63) is 94.3 Å². The second kappa shape index (κ2) is 12.2. The Morgan fingerprint density at radius 3 is 1.83 bits per heavy atom. The first-order valence-corrected chi connectivity index (χ1v) is 15.0. The molecule has 1 aliphatic heterocycles. The number of hydrogen-bond donors (Lipinski definition) is 2. The Balaban J connectivity index is 1.88. The molecule has 4 rings (SSSR count). The molecule has 1 fully saturated rings. The van der Waals surface area contributed by atoms with Gasteiger partial charge in [0.25, 0.3) is 0 Å². The SMILES string of the molecule is Cc1c(F)cccc1C1[C@@H](C(=O)c2cccc(O)c2F)CN(CCN(C)S(C)(=O)=O)C[C@@H]1C(=O)c1cccc(O)c1F. The number of likely N-dealkylation sites (tertiary alicyclic amines) is 1. The van der Waals surface area contributed by atoms with Crippen molar-refractivity contribution in [2.24, 2.45) is 11.8 Å². The van der Waals surface area contributed by atoms with E-state index >= 15 is 8.78 Å². The number of carbonyl (C=O) groups excluding carboxylic acids is 2. The predicted octanol–water partition coefficient (Wildman–Crippen LogP) is 4.11. The van der Waals surface area contributed by atoms with Crippen LogP contribution in [0.4, 0.5) is 13.2 Å². The number of carbonyl (C=O) groups is 2. The standard InChI is InChI=1S/C30H31F3N2O6S/c1-17-18(7-4-10-23(17)31)26-21(29(38)19-8-5-11-24(36)27(19)32)15-35(14-13-34(2)42(3,40)41)16-22(26)30(39)20-9-6-12-25(37)28(20)33/h4-12,21-22,26,36-37H,13-16H2,1-3H3/t21-,22-/m0/s1. The maximum atomic E-state index is 15.0. The summed E-state index contributed by atoms with van der Waals surface area (Å²) in [6.45, 7) is 1.39. The molecule has 1 aliphatic rings. The molecule has 0 saturated carbocycles. The first-order chi connectivity index (χ1) is 19.7. The molecule has 2 N–H and O–H groups in total. The molecule has 0 spiro atoms. The van der Waals surface area contributed by atoms with E-state index in [0.717, 1.165) is 22.7 Å².